The second-order valence-electron chi connectivity index (χ2n) is 4.47. The Bertz CT molecular complexity index is 442. The molecular formula is C14H16ClNO2. The molecule has 1 aromatic carbocycles. The molecule has 1 atom stereocenters. The summed E-state index contributed by atoms with van der Waals surface area (Å²) in [5, 5.41) is 10.2. The Kier molecular flexibility index (Phi) is 4.39. The van der Waals surface area contributed by atoms with E-state index in [1.54, 1.807) is 29.2 Å². The maximum Gasteiger partial charge on any atom is 0.246 e. The molecule has 1 aliphatic heterocycles. The average Bonchev–Trinajstić information content (AvgIpc) is 2.38. The van der Waals surface area contributed by atoms with Gasteiger partial charge in [0.1, 0.15) is 0 Å². The van der Waals surface area contributed by atoms with Crippen LogP contribution in [-0.4, -0.2) is 35.1 Å². The van der Waals surface area contributed by atoms with Gasteiger partial charge >= 0.3 is 0 Å². The van der Waals surface area contributed by atoms with E-state index in [0.717, 1.165) is 24.9 Å². The number of β-amino-alcohol motifs (C(OH)–C–C–N with tert-alkyl or cyclic N) is 1. The normalized spacial score (nSPS) is 20.3. The van der Waals surface area contributed by atoms with Crippen LogP contribution in [0.2, 0.25) is 5.02 Å². The first-order valence-electron chi connectivity index (χ1n) is 6.06. The van der Waals surface area contributed by atoms with Gasteiger partial charge in [-0.2, -0.15) is 0 Å². The molecule has 1 saturated heterocycles. The molecule has 1 amide bonds. The minimum atomic E-state index is -0.383. The Labute approximate surface area is 112 Å². The lowest BCUT2D eigenvalue weighted by Gasteiger charge is -2.29. The second kappa shape index (κ2) is 6.03. The molecule has 1 heterocycles. The highest BCUT2D eigenvalue weighted by Crippen LogP contribution is 2.12. The third kappa shape index (κ3) is 3.59. The number of aliphatic hydroxyl groups excluding tert-OH is 1. The minimum Gasteiger partial charge on any atom is -0.391 e. The Hall–Kier alpha value is -1.32. The number of hydrogen-bond acceptors (Lipinski definition) is 2. The standard InChI is InChI=1S/C14H16ClNO2/c15-12-6-3-11(4-7-12)5-8-14(18)16-9-1-2-13(17)10-16/h3-8,13,17H,1-2,9-10H2. The molecule has 0 radical (unpaired) electrons. The number of hydrogen-bond donors (Lipinski definition) is 1. The number of carbonyl (C=O) groups excluding carboxylic acids is 1. The van der Waals surface area contributed by atoms with E-state index >= 15 is 0 Å². The lowest BCUT2D eigenvalue weighted by molar-refractivity contribution is -0.128. The lowest BCUT2D eigenvalue weighted by Crippen LogP contribution is -2.41. The number of piperidine rings is 1. The van der Waals surface area contributed by atoms with E-state index in [1.165, 1.54) is 0 Å². The van der Waals surface area contributed by atoms with E-state index in [-0.39, 0.29) is 12.0 Å². The van der Waals surface area contributed by atoms with Gasteiger partial charge < -0.3 is 10.0 Å². The predicted octanol–water partition coefficient (Wildman–Crippen LogP) is 2.34. The number of amides is 1. The van der Waals surface area contributed by atoms with Crippen molar-refractivity contribution >= 4 is 23.6 Å². The molecule has 0 bridgehead atoms. The highest BCUT2D eigenvalue weighted by molar-refractivity contribution is 6.30. The fourth-order valence-electron chi connectivity index (χ4n) is 2.00. The summed E-state index contributed by atoms with van der Waals surface area (Å²) in [6.07, 6.45) is 4.57. The molecule has 18 heavy (non-hydrogen) atoms. The molecule has 1 aliphatic rings. The molecular weight excluding hydrogens is 250 g/mol. The highest BCUT2D eigenvalue weighted by Gasteiger charge is 2.20. The molecule has 1 fully saturated rings. The van der Waals surface area contributed by atoms with Gasteiger partial charge in [-0.25, -0.2) is 0 Å². The Morgan fingerprint density at radius 1 is 1.39 bits per heavy atom. The van der Waals surface area contributed by atoms with Gasteiger partial charge in [0.15, 0.2) is 0 Å². The van der Waals surface area contributed by atoms with E-state index in [0.29, 0.717) is 11.6 Å². The van der Waals surface area contributed by atoms with E-state index in [4.69, 9.17) is 11.6 Å². The number of benzene rings is 1. The number of carbonyl (C=O) groups is 1. The van der Waals surface area contributed by atoms with Gasteiger partial charge in [0.05, 0.1) is 6.10 Å². The molecule has 0 aromatic heterocycles. The number of halogens is 1. The van der Waals surface area contributed by atoms with Crippen LogP contribution in [0.3, 0.4) is 0 Å². The summed E-state index contributed by atoms with van der Waals surface area (Å²) in [7, 11) is 0. The third-order valence-electron chi connectivity index (χ3n) is 3.00. The number of aliphatic hydroxyl groups is 1. The van der Waals surface area contributed by atoms with E-state index in [2.05, 4.69) is 0 Å². The molecule has 4 heteroatoms. The van der Waals surface area contributed by atoms with Crippen LogP contribution in [0.25, 0.3) is 6.08 Å². The van der Waals surface area contributed by atoms with Crippen molar-refractivity contribution in [1.29, 1.82) is 0 Å². The van der Waals surface area contributed by atoms with Gasteiger partial charge in [-0.3, -0.25) is 4.79 Å². The van der Waals surface area contributed by atoms with Crippen LogP contribution in [0.4, 0.5) is 0 Å². The number of likely N-dealkylation sites (tertiary alicyclic amines) is 1. The number of rotatable bonds is 2. The molecule has 1 unspecified atom stereocenters. The molecule has 1 aromatic rings. The van der Waals surface area contributed by atoms with Gasteiger partial charge in [-0.1, -0.05) is 23.7 Å². The van der Waals surface area contributed by atoms with Crippen molar-refractivity contribution in [2.24, 2.45) is 0 Å². The fourth-order valence-corrected chi connectivity index (χ4v) is 2.13. The van der Waals surface area contributed by atoms with Crippen LogP contribution < -0.4 is 0 Å². The Morgan fingerprint density at radius 2 is 2.11 bits per heavy atom. The van der Waals surface area contributed by atoms with Crippen molar-refractivity contribution < 1.29 is 9.90 Å². The van der Waals surface area contributed by atoms with Gasteiger partial charge in [0.2, 0.25) is 5.91 Å². The number of nitrogens with zero attached hydrogens (tertiary/aromatic N) is 1. The summed E-state index contributed by atoms with van der Waals surface area (Å²) < 4.78 is 0. The van der Waals surface area contributed by atoms with E-state index in [9.17, 15) is 9.90 Å². The summed E-state index contributed by atoms with van der Waals surface area (Å²) in [6, 6.07) is 7.29. The van der Waals surface area contributed by atoms with Crippen LogP contribution in [0.5, 0.6) is 0 Å². The van der Waals surface area contributed by atoms with Gasteiger partial charge in [0, 0.05) is 24.2 Å². The first kappa shape index (κ1) is 13.1. The van der Waals surface area contributed by atoms with Crippen LogP contribution >= 0.6 is 11.6 Å². The van der Waals surface area contributed by atoms with Crippen molar-refractivity contribution in [2.75, 3.05) is 13.1 Å². The smallest absolute Gasteiger partial charge is 0.246 e. The van der Waals surface area contributed by atoms with Crippen LogP contribution in [0.1, 0.15) is 18.4 Å². The summed E-state index contributed by atoms with van der Waals surface area (Å²) >= 11 is 5.79. The van der Waals surface area contributed by atoms with Crippen molar-refractivity contribution in [2.45, 2.75) is 18.9 Å². The molecule has 3 nitrogen and oxygen atoms in total. The molecule has 0 aliphatic carbocycles. The summed E-state index contributed by atoms with van der Waals surface area (Å²) in [5.41, 5.74) is 0.935. The molecule has 0 saturated carbocycles. The maximum absolute atomic E-state index is 11.9. The predicted molar refractivity (Wildman–Crippen MR) is 72.3 cm³/mol. The van der Waals surface area contributed by atoms with Crippen molar-refractivity contribution in [3.63, 3.8) is 0 Å². The van der Waals surface area contributed by atoms with Gasteiger partial charge in [0.25, 0.3) is 0 Å². The zero-order valence-electron chi connectivity index (χ0n) is 10.1. The zero-order chi connectivity index (χ0) is 13.0. The Balaban J connectivity index is 1.96. The van der Waals surface area contributed by atoms with E-state index < -0.39 is 0 Å². The van der Waals surface area contributed by atoms with Gasteiger partial charge in [-0.05, 0) is 36.6 Å². The van der Waals surface area contributed by atoms with Crippen molar-refractivity contribution in [1.82, 2.24) is 4.90 Å². The largest absolute Gasteiger partial charge is 0.391 e. The Morgan fingerprint density at radius 3 is 2.78 bits per heavy atom. The van der Waals surface area contributed by atoms with E-state index in [1.807, 2.05) is 12.1 Å². The lowest BCUT2D eigenvalue weighted by atomic mass is 10.1. The molecule has 96 valence electrons. The van der Waals surface area contributed by atoms with Crippen molar-refractivity contribution in [3.05, 3.63) is 40.9 Å². The van der Waals surface area contributed by atoms with Crippen LogP contribution in [0, 0.1) is 0 Å². The first-order chi connectivity index (χ1) is 8.65. The monoisotopic (exact) mass is 265 g/mol. The third-order valence-corrected chi connectivity index (χ3v) is 3.25. The topological polar surface area (TPSA) is 40.5 Å². The molecule has 2 rings (SSSR count). The average molecular weight is 266 g/mol. The van der Waals surface area contributed by atoms with Crippen LogP contribution in [-0.2, 0) is 4.79 Å². The summed E-state index contributed by atoms with van der Waals surface area (Å²) in [6.45, 7) is 1.16. The van der Waals surface area contributed by atoms with Crippen molar-refractivity contribution in [3.8, 4) is 0 Å². The SMILES string of the molecule is O=C(C=Cc1ccc(Cl)cc1)N1CCCC(O)C1. The second-order valence-corrected chi connectivity index (χ2v) is 4.90. The molecule has 0 spiro atoms. The highest BCUT2D eigenvalue weighted by atomic mass is 35.5. The summed E-state index contributed by atoms with van der Waals surface area (Å²) in [5.74, 6) is -0.0521. The van der Waals surface area contributed by atoms with Gasteiger partial charge in [-0.15, -0.1) is 0 Å². The molecule has 1 N–H and O–H groups in total. The maximum atomic E-state index is 11.9. The zero-order valence-corrected chi connectivity index (χ0v) is 10.8. The van der Waals surface area contributed by atoms with Crippen LogP contribution in [0.15, 0.2) is 30.3 Å². The quantitative estimate of drug-likeness (QED) is 0.834. The summed E-state index contributed by atoms with van der Waals surface area (Å²) in [4.78, 5) is 13.6. The minimum absolute atomic E-state index is 0.0521. The fraction of sp³-hybridized carbons (Fsp3) is 0.357. The first-order valence-corrected chi connectivity index (χ1v) is 6.43.